The molecule has 1 atom stereocenters. The monoisotopic (exact) mass is 146 g/mol. The van der Waals surface area contributed by atoms with Crippen molar-refractivity contribution in [3.63, 3.8) is 0 Å². The van der Waals surface area contributed by atoms with Gasteiger partial charge in [-0.05, 0) is 0 Å². The average Bonchev–Trinajstić information content (AvgIpc) is 2.36. The first-order valence-corrected chi connectivity index (χ1v) is 3.07. The topological polar surface area (TPSA) is 55.8 Å². The number of aliphatic hydroxyl groups is 1. The Balaban J connectivity index is 2.58. The summed E-state index contributed by atoms with van der Waals surface area (Å²) in [5, 5.41) is 9.36. The highest BCUT2D eigenvalue weighted by molar-refractivity contribution is 5.79. The molecule has 1 aliphatic heterocycles. The first-order chi connectivity index (χ1) is 4.69. The molecule has 0 aliphatic carbocycles. The van der Waals surface area contributed by atoms with E-state index in [-0.39, 0.29) is 6.61 Å². The Morgan fingerprint density at radius 2 is 2.50 bits per heavy atom. The van der Waals surface area contributed by atoms with Crippen molar-refractivity contribution < 1.29 is 19.4 Å². The van der Waals surface area contributed by atoms with Crippen LogP contribution in [0.25, 0.3) is 0 Å². The lowest BCUT2D eigenvalue weighted by Gasteiger charge is -2.15. The molecular weight excluding hydrogens is 136 g/mol. The lowest BCUT2D eigenvalue weighted by molar-refractivity contribution is -0.161. The van der Waals surface area contributed by atoms with Gasteiger partial charge in [-0.15, -0.1) is 0 Å². The second-order valence-corrected chi connectivity index (χ2v) is 2.33. The fraction of sp³-hybridized carbons (Fsp3) is 0.833. The Morgan fingerprint density at radius 3 is 2.90 bits per heavy atom. The summed E-state index contributed by atoms with van der Waals surface area (Å²) >= 11 is 0. The molecule has 0 aromatic carbocycles. The van der Waals surface area contributed by atoms with Gasteiger partial charge in [0.2, 0.25) is 0 Å². The molecule has 1 saturated heterocycles. The molecule has 10 heavy (non-hydrogen) atoms. The predicted octanol–water partition coefficient (Wildman–Crippen LogP) is -0.689. The molecule has 0 aromatic rings. The van der Waals surface area contributed by atoms with Crippen molar-refractivity contribution in [1.29, 1.82) is 0 Å². The van der Waals surface area contributed by atoms with Gasteiger partial charge < -0.3 is 14.6 Å². The van der Waals surface area contributed by atoms with Crippen LogP contribution in [0.3, 0.4) is 0 Å². The standard InChI is InChI=1S/C6H10O4/c1-9-5(7)6(8)2-3-10-4-6/h8H,2-4H2,1H3/t6-/m0/s1. The maximum atomic E-state index is 10.8. The van der Waals surface area contributed by atoms with E-state index in [1.165, 1.54) is 7.11 Å². The summed E-state index contributed by atoms with van der Waals surface area (Å²) < 4.78 is 9.20. The Kier molecular flexibility index (Phi) is 1.92. The summed E-state index contributed by atoms with van der Waals surface area (Å²) in [5.41, 5.74) is -1.38. The first-order valence-electron chi connectivity index (χ1n) is 3.07. The van der Waals surface area contributed by atoms with E-state index in [1.807, 2.05) is 0 Å². The molecular formula is C6H10O4. The average molecular weight is 146 g/mol. The van der Waals surface area contributed by atoms with Crippen LogP contribution in [-0.4, -0.2) is 37.0 Å². The molecule has 4 heteroatoms. The fourth-order valence-electron chi connectivity index (χ4n) is 0.905. The third kappa shape index (κ3) is 1.12. The van der Waals surface area contributed by atoms with Crippen LogP contribution in [0, 0.1) is 0 Å². The minimum atomic E-state index is -1.38. The van der Waals surface area contributed by atoms with Crippen molar-refractivity contribution in [3.05, 3.63) is 0 Å². The Hall–Kier alpha value is -0.610. The van der Waals surface area contributed by atoms with E-state index in [0.717, 1.165) is 0 Å². The number of esters is 1. The number of rotatable bonds is 1. The molecule has 58 valence electrons. The lowest BCUT2D eigenvalue weighted by Crippen LogP contribution is -2.39. The Morgan fingerprint density at radius 1 is 1.80 bits per heavy atom. The minimum Gasteiger partial charge on any atom is -0.467 e. The van der Waals surface area contributed by atoms with E-state index in [1.54, 1.807) is 0 Å². The quantitative estimate of drug-likeness (QED) is 0.497. The summed E-state index contributed by atoms with van der Waals surface area (Å²) in [7, 11) is 1.25. The van der Waals surface area contributed by atoms with Crippen molar-refractivity contribution in [2.24, 2.45) is 0 Å². The van der Waals surface area contributed by atoms with Crippen LogP contribution in [0.2, 0.25) is 0 Å². The van der Waals surface area contributed by atoms with E-state index in [2.05, 4.69) is 4.74 Å². The van der Waals surface area contributed by atoms with Crippen LogP contribution in [0.1, 0.15) is 6.42 Å². The van der Waals surface area contributed by atoms with E-state index in [0.29, 0.717) is 13.0 Å². The van der Waals surface area contributed by atoms with Gasteiger partial charge in [0.05, 0.1) is 20.3 Å². The number of carbonyl (C=O) groups is 1. The number of carbonyl (C=O) groups excluding carboxylic acids is 1. The number of hydrogen-bond donors (Lipinski definition) is 1. The van der Waals surface area contributed by atoms with Crippen molar-refractivity contribution in [2.75, 3.05) is 20.3 Å². The minimum absolute atomic E-state index is 0.0552. The van der Waals surface area contributed by atoms with Gasteiger partial charge in [0.15, 0.2) is 5.60 Å². The molecule has 0 unspecified atom stereocenters. The molecule has 0 spiro atoms. The van der Waals surface area contributed by atoms with Crippen molar-refractivity contribution in [3.8, 4) is 0 Å². The van der Waals surface area contributed by atoms with Gasteiger partial charge in [0, 0.05) is 6.42 Å². The SMILES string of the molecule is COC(=O)[C@]1(O)CCOC1. The largest absolute Gasteiger partial charge is 0.467 e. The van der Waals surface area contributed by atoms with E-state index in [9.17, 15) is 9.90 Å². The van der Waals surface area contributed by atoms with Crippen LogP contribution in [0.4, 0.5) is 0 Å². The summed E-state index contributed by atoms with van der Waals surface area (Å²) in [6.07, 6.45) is 0.333. The Bertz CT molecular complexity index is 137. The van der Waals surface area contributed by atoms with Crippen LogP contribution in [0.5, 0.6) is 0 Å². The molecule has 0 radical (unpaired) electrons. The van der Waals surface area contributed by atoms with Gasteiger partial charge in [-0.2, -0.15) is 0 Å². The lowest BCUT2D eigenvalue weighted by atomic mass is 10.1. The highest BCUT2D eigenvalue weighted by atomic mass is 16.6. The molecule has 4 nitrogen and oxygen atoms in total. The van der Waals surface area contributed by atoms with Gasteiger partial charge in [-0.1, -0.05) is 0 Å². The molecule has 0 bridgehead atoms. The Labute approximate surface area is 58.7 Å². The number of methoxy groups -OCH3 is 1. The van der Waals surface area contributed by atoms with E-state index in [4.69, 9.17) is 4.74 Å². The molecule has 0 saturated carbocycles. The molecule has 1 N–H and O–H groups in total. The summed E-state index contributed by atoms with van der Waals surface area (Å²) in [5.74, 6) is -0.606. The van der Waals surface area contributed by atoms with Crippen LogP contribution in [0.15, 0.2) is 0 Å². The first kappa shape index (κ1) is 7.50. The van der Waals surface area contributed by atoms with Crippen LogP contribution in [-0.2, 0) is 14.3 Å². The van der Waals surface area contributed by atoms with Crippen LogP contribution >= 0.6 is 0 Å². The van der Waals surface area contributed by atoms with Crippen molar-refractivity contribution in [1.82, 2.24) is 0 Å². The second-order valence-electron chi connectivity index (χ2n) is 2.33. The smallest absolute Gasteiger partial charge is 0.340 e. The summed E-state index contributed by atoms with van der Waals surface area (Å²) in [6, 6.07) is 0. The van der Waals surface area contributed by atoms with Crippen molar-refractivity contribution in [2.45, 2.75) is 12.0 Å². The van der Waals surface area contributed by atoms with Crippen LogP contribution < -0.4 is 0 Å². The molecule has 1 aliphatic rings. The normalized spacial score (nSPS) is 32.2. The van der Waals surface area contributed by atoms with E-state index < -0.39 is 11.6 Å². The summed E-state index contributed by atoms with van der Waals surface area (Å²) in [4.78, 5) is 10.8. The van der Waals surface area contributed by atoms with Crippen molar-refractivity contribution >= 4 is 5.97 Å². The highest BCUT2D eigenvalue weighted by Crippen LogP contribution is 2.19. The van der Waals surface area contributed by atoms with Gasteiger partial charge >= 0.3 is 5.97 Å². The second kappa shape index (κ2) is 2.56. The molecule has 1 heterocycles. The van der Waals surface area contributed by atoms with E-state index >= 15 is 0 Å². The molecule has 1 rings (SSSR count). The number of ether oxygens (including phenoxy) is 2. The van der Waals surface area contributed by atoms with Gasteiger partial charge in [0.1, 0.15) is 0 Å². The fourth-order valence-corrected chi connectivity index (χ4v) is 0.905. The zero-order chi connectivity index (χ0) is 7.61. The zero-order valence-electron chi connectivity index (χ0n) is 5.79. The van der Waals surface area contributed by atoms with Gasteiger partial charge in [-0.25, -0.2) is 4.79 Å². The molecule has 0 amide bonds. The zero-order valence-corrected chi connectivity index (χ0v) is 5.79. The highest BCUT2D eigenvalue weighted by Gasteiger charge is 2.41. The number of hydrogen-bond acceptors (Lipinski definition) is 4. The molecule has 0 aromatic heterocycles. The van der Waals surface area contributed by atoms with Gasteiger partial charge in [-0.3, -0.25) is 0 Å². The maximum Gasteiger partial charge on any atom is 0.340 e. The molecule has 1 fully saturated rings. The van der Waals surface area contributed by atoms with Gasteiger partial charge in [0.25, 0.3) is 0 Å². The predicted molar refractivity (Wildman–Crippen MR) is 32.4 cm³/mol. The summed E-state index contributed by atoms with van der Waals surface area (Å²) in [6.45, 7) is 0.477. The third-order valence-electron chi connectivity index (χ3n) is 1.57. The maximum absolute atomic E-state index is 10.8. The third-order valence-corrected chi connectivity index (χ3v) is 1.57.